The van der Waals surface area contributed by atoms with Gasteiger partial charge in [-0.05, 0) is 11.5 Å². The summed E-state index contributed by atoms with van der Waals surface area (Å²) < 4.78 is 5.20. The number of rotatable bonds is 4. The highest BCUT2D eigenvalue weighted by Crippen LogP contribution is 2.31. The first-order valence-corrected chi connectivity index (χ1v) is 6.35. The third-order valence-corrected chi connectivity index (χ3v) is 3.46. The molecule has 1 aliphatic heterocycles. The summed E-state index contributed by atoms with van der Waals surface area (Å²) in [5, 5.41) is 0. The molecule has 1 aromatic rings. The topological polar surface area (TPSA) is 55.6 Å². The Morgan fingerprint density at radius 2 is 2.06 bits per heavy atom. The first-order valence-electron chi connectivity index (χ1n) is 6.35. The van der Waals surface area contributed by atoms with Gasteiger partial charge in [-0.1, -0.05) is 44.2 Å². The molecule has 1 saturated heterocycles. The minimum Gasteiger partial charge on any atom is -0.447 e. The normalized spacial score (nSPS) is 21.2. The Balaban J connectivity index is 2.28. The van der Waals surface area contributed by atoms with Crippen molar-refractivity contribution in [1.82, 2.24) is 4.90 Å². The van der Waals surface area contributed by atoms with Gasteiger partial charge in [-0.25, -0.2) is 4.79 Å². The second-order valence-corrected chi connectivity index (χ2v) is 4.96. The van der Waals surface area contributed by atoms with Gasteiger partial charge < -0.3 is 10.5 Å². The van der Waals surface area contributed by atoms with Crippen LogP contribution in [0.25, 0.3) is 0 Å². The summed E-state index contributed by atoms with van der Waals surface area (Å²) in [6.45, 7) is 5.01. The van der Waals surface area contributed by atoms with Gasteiger partial charge in [0, 0.05) is 6.54 Å². The predicted octanol–water partition coefficient (Wildman–Crippen LogP) is 2.16. The van der Waals surface area contributed by atoms with Crippen molar-refractivity contribution in [2.45, 2.75) is 25.9 Å². The molecule has 0 bridgehead atoms. The van der Waals surface area contributed by atoms with E-state index >= 15 is 0 Å². The number of nitrogens with two attached hydrogens (primary N) is 1. The number of nitrogens with zero attached hydrogens (tertiary/aromatic N) is 1. The Morgan fingerprint density at radius 3 is 2.61 bits per heavy atom. The average Bonchev–Trinajstić information content (AvgIpc) is 2.74. The molecule has 1 heterocycles. The van der Waals surface area contributed by atoms with Crippen LogP contribution in [0, 0.1) is 5.92 Å². The Kier molecular flexibility index (Phi) is 3.87. The smallest absolute Gasteiger partial charge is 0.410 e. The van der Waals surface area contributed by atoms with Crippen molar-refractivity contribution in [3.63, 3.8) is 0 Å². The van der Waals surface area contributed by atoms with Crippen molar-refractivity contribution in [3.8, 4) is 0 Å². The van der Waals surface area contributed by atoms with Gasteiger partial charge in [0.1, 0.15) is 6.61 Å². The zero-order valence-electron chi connectivity index (χ0n) is 10.9. The van der Waals surface area contributed by atoms with Gasteiger partial charge in [-0.3, -0.25) is 4.90 Å². The van der Waals surface area contributed by atoms with Crippen molar-refractivity contribution in [2.75, 3.05) is 13.2 Å². The molecular formula is C14H20N2O2. The molecule has 0 radical (unpaired) electrons. The van der Waals surface area contributed by atoms with Crippen LogP contribution in [0.15, 0.2) is 30.3 Å². The molecule has 0 saturated carbocycles. The molecular weight excluding hydrogens is 228 g/mol. The van der Waals surface area contributed by atoms with Gasteiger partial charge >= 0.3 is 6.09 Å². The molecule has 2 rings (SSSR count). The molecule has 0 aromatic heterocycles. The van der Waals surface area contributed by atoms with Gasteiger partial charge in [0.25, 0.3) is 0 Å². The second kappa shape index (κ2) is 5.40. The van der Waals surface area contributed by atoms with Crippen molar-refractivity contribution >= 4 is 6.09 Å². The Bertz CT molecular complexity index is 406. The van der Waals surface area contributed by atoms with Crippen LogP contribution < -0.4 is 5.73 Å². The summed E-state index contributed by atoms with van der Waals surface area (Å²) in [5.74, 6) is 0.312. The largest absolute Gasteiger partial charge is 0.447 e. The Morgan fingerprint density at radius 1 is 1.39 bits per heavy atom. The fraction of sp³-hybridized carbons (Fsp3) is 0.500. The lowest BCUT2D eigenvalue weighted by Crippen LogP contribution is -2.45. The predicted molar refractivity (Wildman–Crippen MR) is 70.1 cm³/mol. The Hall–Kier alpha value is -1.55. The van der Waals surface area contributed by atoms with Gasteiger partial charge in [0.15, 0.2) is 0 Å². The maximum Gasteiger partial charge on any atom is 0.410 e. The van der Waals surface area contributed by atoms with Gasteiger partial charge in [0.2, 0.25) is 0 Å². The highest BCUT2D eigenvalue weighted by Gasteiger charge is 2.39. The van der Waals surface area contributed by atoms with E-state index in [4.69, 9.17) is 10.5 Å². The van der Waals surface area contributed by atoms with E-state index in [0.29, 0.717) is 19.1 Å². The van der Waals surface area contributed by atoms with E-state index in [1.54, 1.807) is 4.90 Å². The molecule has 0 spiro atoms. The van der Waals surface area contributed by atoms with Crippen LogP contribution in [0.5, 0.6) is 0 Å². The van der Waals surface area contributed by atoms with Crippen LogP contribution in [0.4, 0.5) is 4.79 Å². The number of carbonyl (C=O) groups is 1. The van der Waals surface area contributed by atoms with Crippen LogP contribution in [-0.4, -0.2) is 30.2 Å². The monoisotopic (exact) mass is 248 g/mol. The minimum absolute atomic E-state index is 0.0187. The van der Waals surface area contributed by atoms with E-state index in [0.717, 1.165) is 5.56 Å². The summed E-state index contributed by atoms with van der Waals surface area (Å²) >= 11 is 0. The maximum absolute atomic E-state index is 11.9. The standard InChI is InChI=1S/C14H20N2O2/c1-10(2)12(8-15)16-13(9-18-14(16)17)11-6-4-3-5-7-11/h3-7,10,12-13H,8-9,15H2,1-2H3/t12-,13-/m0/s1. The van der Waals surface area contributed by atoms with Crippen LogP contribution in [0.1, 0.15) is 25.5 Å². The van der Waals surface area contributed by atoms with Crippen molar-refractivity contribution in [2.24, 2.45) is 11.7 Å². The van der Waals surface area contributed by atoms with E-state index in [1.807, 2.05) is 30.3 Å². The number of hydrogen-bond donors (Lipinski definition) is 1. The second-order valence-electron chi connectivity index (χ2n) is 4.96. The lowest BCUT2D eigenvalue weighted by atomic mass is 9.99. The highest BCUT2D eigenvalue weighted by atomic mass is 16.6. The van der Waals surface area contributed by atoms with Gasteiger partial charge in [-0.2, -0.15) is 0 Å². The number of ether oxygens (including phenoxy) is 1. The third-order valence-electron chi connectivity index (χ3n) is 3.46. The molecule has 1 amide bonds. The molecule has 18 heavy (non-hydrogen) atoms. The van der Waals surface area contributed by atoms with E-state index in [1.165, 1.54) is 0 Å². The molecule has 1 aromatic carbocycles. The number of hydrogen-bond acceptors (Lipinski definition) is 3. The lowest BCUT2D eigenvalue weighted by molar-refractivity contribution is 0.132. The minimum atomic E-state index is -0.256. The molecule has 1 aliphatic rings. The maximum atomic E-state index is 11.9. The van der Waals surface area contributed by atoms with Crippen LogP contribution >= 0.6 is 0 Å². The fourth-order valence-electron chi connectivity index (χ4n) is 2.44. The summed E-state index contributed by atoms with van der Waals surface area (Å²) in [6.07, 6.45) is -0.256. The molecule has 4 nitrogen and oxygen atoms in total. The first-order chi connectivity index (χ1) is 8.65. The van der Waals surface area contributed by atoms with E-state index in [-0.39, 0.29) is 18.2 Å². The number of amides is 1. The molecule has 0 unspecified atom stereocenters. The molecule has 98 valence electrons. The van der Waals surface area contributed by atoms with Crippen molar-refractivity contribution in [1.29, 1.82) is 0 Å². The van der Waals surface area contributed by atoms with Crippen molar-refractivity contribution < 1.29 is 9.53 Å². The zero-order chi connectivity index (χ0) is 13.1. The average molecular weight is 248 g/mol. The SMILES string of the molecule is CC(C)[C@H](CN)N1C(=O)OC[C@H]1c1ccccc1. The van der Waals surface area contributed by atoms with Crippen LogP contribution in [0.2, 0.25) is 0 Å². The first kappa shape index (κ1) is 12.9. The highest BCUT2D eigenvalue weighted by molar-refractivity contribution is 5.71. The summed E-state index contributed by atoms with van der Waals surface area (Å²) in [7, 11) is 0. The third kappa shape index (κ3) is 2.34. The fourth-order valence-corrected chi connectivity index (χ4v) is 2.44. The molecule has 0 aliphatic carbocycles. The van der Waals surface area contributed by atoms with Gasteiger partial charge in [0.05, 0.1) is 12.1 Å². The number of carbonyl (C=O) groups excluding carboxylic acids is 1. The van der Waals surface area contributed by atoms with Crippen LogP contribution in [0.3, 0.4) is 0 Å². The zero-order valence-corrected chi connectivity index (χ0v) is 10.9. The van der Waals surface area contributed by atoms with Crippen LogP contribution in [-0.2, 0) is 4.74 Å². The molecule has 2 atom stereocenters. The number of cyclic esters (lactones) is 1. The van der Waals surface area contributed by atoms with E-state index in [9.17, 15) is 4.79 Å². The summed E-state index contributed by atoms with van der Waals surface area (Å²) in [5.41, 5.74) is 6.91. The van der Waals surface area contributed by atoms with Crippen molar-refractivity contribution in [3.05, 3.63) is 35.9 Å². The summed E-state index contributed by atoms with van der Waals surface area (Å²) in [6, 6.07) is 9.96. The van der Waals surface area contributed by atoms with E-state index < -0.39 is 0 Å². The quantitative estimate of drug-likeness (QED) is 0.888. The Labute approximate surface area is 108 Å². The number of benzene rings is 1. The molecule has 2 N–H and O–H groups in total. The van der Waals surface area contributed by atoms with E-state index in [2.05, 4.69) is 13.8 Å². The molecule has 1 fully saturated rings. The molecule has 4 heteroatoms. The summed E-state index contributed by atoms with van der Waals surface area (Å²) in [4.78, 5) is 13.7. The lowest BCUT2D eigenvalue weighted by Gasteiger charge is -2.32. The van der Waals surface area contributed by atoms with Gasteiger partial charge in [-0.15, -0.1) is 0 Å².